The van der Waals surface area contributed by atoms with Gasteiger partial charge >= 0.3 is 0 Å². The number of amides is 1. The summed E-state index contributed by atoms with van der Waals surface area (Å²) in [5, 5.41) is 7.03. The molecule has 3 nitrogen and oxygen atoms in total. The molecule has 2 fully saturated rings. The Morgan fingerprint density at radius 1 is 1.61 bits per heavy atom. The van der Waals surface area contributed by atoms with Crippen LogP contribution in [-0.4, -0.2) is 24.7 Å². The lowest BCUT2D eigenvalue weighted by Crippen LogP contribution is -2.67. The van der Waals surface area contributed by atoms with Crippen LogP contribution in [0.25, 0.3) is 0 Å². The van der Waals surface area contributed by atoms with Gasteiger partial charge in [0.05, 0.1) is 6.10 Å². The van der Waals surface area contributed by atoms with Crippen molar-refractivity contribution in [2.45, 2.75) is 44.8 Å². The van der Waals surface area contributed by atoms with Crippen molar-refractivity contribution >= 4 is 17.2 Å². The van der Waals surface area contributed by atoms with Crippen molar-refractivity contribution in [1.82, 2.24) is 5.32 Å². The second-order valence-electron chi connectivity index (χ2n) is 5.30. The Hall–Kier alpha value is -0.870. The highest BCUT2D eigenvalue weighted by atomic mass is 32.1. The third-order valence-corrected chi connectivity index (χ3v) is 5.21. The summed E-state index contributed by atoms with van der Waals surface area (Å²) in [4.78, 5) is 12.1. The fourth-order valence-electron chi connectivity index (χ4n) is 3.28. The van der Waals surface area contributed by atoms with Gasteiger partial charge in [-0.2, -0.15) is 11.3 Å². The molecule has 4 heteroatoms. The molecule has 18 heavy (non-hydrogen) atoms. The minimum Gasteiger partial charge on any atom is -0.378 e. The standard InChI is InChI=1S/C14H19NO2S/c1-2-17-12-8-11(14(12)5-3-6-14)15-13(16)10-4-7-18-9-10/h4,7,9,11-12H,2-3,5-6,8H2,1H3,(H,15,16)/t11-,12+/m1/s1. The molecule has 1 heterocycles. The van der Waals surface area contributed by atoms with Crippen LogP contribution in [0.4, 0.5) is 0 Å². The Morgan fingerprint density at radius 3 is 3.00 bits per heavy atom. The Balaban J connectivity index is 1.63. The first-order valence-corrected chi connectivity index (χ1v) is 7.65. The molecule has 2 saturated carbocycles. The first-order valence-electron chi connectivity index (χ1n) is 6.71. The molecule has 2 aliphatic rings. The quantitative estimate of drug-likeness (QED) is 0.909. The van der Waals surface area contributed by atoms with Crippen molar-refractivity contribution in [2.24, 2.45) is 5.41 Å². The third kappa shape index (κ3) is 1.79. The number of thiophene rings is 1. The molecule has 0 saturated heterocycles. The van der Waals surface area contributed by atoms with Crippen LogP contribution in [0, 0.1) is 5.41 Å². The highest BCUT2D eigenvalue weighted by Crippen LogP contribution is 2.57. The third-order valence-electron chi connectivity index (χ3n) is 4.53. The number of hydrogen-bond acceptors (Lipinski definition) is 3. The van der Waals surface area contributed by atoms with Gasteiger partial charge in [-0.25, -0.2) is 0 Å². The average Bonchev–Trinajstić information content (AvgIpc) is 2.78. The van der Waals surface area contributed by atoms with E-state index in [1.165, 1.54) is 19.3 Å². The van der Waals surface area contributed by atoms with Crippen molar-refractivity contribution in [2.75, 3.05) is 6.61 Å². The lowest BCUT2D eigenvalue weighted by atomic mass is 9.51. The van der Waals surface area contributed by atoms with Gasteiger partial charge in [0.15, 0.2) is 0 Å². The Morgan fingerprint density at radius 2 is 2.44 bits per heavy atom. The van der Waals surface area contributed by atoms with Crippen LogP contribution in [0.3, 0.4) is 0 Å². The summed E-state index contributed by atoms with van der Waals surface area (Å²) in [5.74, 6) is 0.0717. The van der Waals surface area contributed by atoms with Gasteiger partial charge < -0.3 is 10.1 Å². The minimum absolute atomic E-state index is 0.0717. The highest BCUT2D eigenvalue weighted by Gasteiger charge is 2.59. The maximum absolute atomic E-state index is 12.1. The van der Waals surface area contributed by atoms with Crippen LogP contribution in [0.2, 0.25) is 0 Å². The van der Waals surface area contributed by atoms with Gasteiger partial charge in [0, 0.05) is 29.0 Å². The summed E-state index contributed by atoms with van der Waals surface area (Å²) in [5.41, 5.74) is 1.04. The average molecular weight is 265 g/mol. The van der Waals surface area contributed by atoms with Crippen LogP contribution in [0.1, 0.15) is 43.0 Å². The molecule has 0 radical (unpaired) electrons. The van der Waals surface area contributed by atoms with E-state index in [2.05, 4.69) is 5.32 Å². The van der Waals surface area contributed by atoms with Crippen molar-refractivity contribution in [3.05, 3.63) is 22.4 Å². The van der Waals surface area contributed by atoms with E-state index in [0.29, 0.717) is 12.1 Å². The molecule has 1 aromatic heterocycles. The second kappa shape index (κ2) is 4.67. The molecule has 0 unspecified atom stereocenters. The SMILES string of the molecule is CCO[C@H]1C[C@@H](NC(=O)c2ccsc2)C12CCC2. The van der Waals surface area contributed by atoms with Crippen LogP contribution < -0.4 is 5.32 Å². The maximum Gasteiger partial charge on any atom is 0.252 e. The molecule has 0 aliphatic heterocycles. The Labute approximate surface area is 112 Å². The normalized spacial score (nSPS) is 28.5. The fourth-order valence-corrected chi connectivity index (χ4v) is 3.91. The molecular weight excluding hydrogens is 246 g/mol. The second-order valence-corrected chi connectivity index (χ2v) is 6.08. The maximum atomic E-state index is 12.1. The van der Waals surface area contributed by atoms with E-state index in [1.54, 1.807) is 11.3 Å². The van der Waals surface area contributed by atoms with Crippen LogP contribution in [0.15, 0.2) is 16.8 Å². The molecule has 1 aromatic rings. The Kier molecular flexibility index (Phi) is 3.16. The molecule has 3 rings (SSSR count). The summed E-state index contributed by atoms with van der Waals surface area (Å²) in [6.45, 7) is 2.82. The van der Waals surface area contributed by atoms with Gasteiger partial charge in [0.1, 0.15) is 0 Å². The molecule has 1 amide bonds. The number of nitrogens with one attached hydrogen (secondary N) is 1. The molecular formula is C14H19NO2S. The number of ether oxygens (including phenoxy) is 1. The molecule has 0 aromatic carbocycles. The zero-order valence-corrected chi connectivity index (χ0v) is 11.5. The van der Waals surface area contributed by atoms with Crippen LogP contribution in [0.5, 0.6) is 0 Å². The molecule has 1 spiro atoms. The van der Waals surface area contributed by atoms with E-state index in [-0.39, 0.29) is 11.3 Å². The number of carbonyl (C=O) groups excluding carboxylic acids is 1. The Bertz CT molecular complexity index is 425. The van der Waals surface area contributed by atoms with E-state index in [0.717, 1.165) is 18.6 Å². The van der Waals surface area contributed by atoms with Crippen molar-refractivity contribution < 1.29 is 9.53 Å². The predicted molar refractivity (Wildman–Crippen MR) is 71.9 cm³/mol. The number of rotatable bonds is 4. The molecule has 98 valence electrons. The molecule has 2 aliphatic carbocycles. The summed E-state index contributed by atoms with van der Waals surface area (Å²) in [7, 11) is 0. The minimum atomic E-state index is 0.0717. The van der Waals surface area contributed by atoms with E-state index in [4.69, 9.17) is 4.74 Å². The lowest BCUT2D eigenvalue weighted by Gasteiger charge is -2.61. The monoisotopic (exact) mass is 265 g/mol. The number of carbonyl (C=O) groups is 1. The van der Waals surface area contributed by atoms with Crippen LogP contribution >= 0.6 is 11.3 Å². The van der Waals surface area contributed by atoms with Crippen LogP contribution in [-0.2, 0) is 4.74 Å². The van der Waals surface area contributed by atoms with Gasteiger partial charge in [0.2, 0.25) is 0 Å². The molecule has 2 atom stereocenters. The smallest absolute Gasteiger partial charge is 0.252 e. The van der Waals surface area contributed by atoms with Gasteiger partial charge in [-0.15, -0.1) is 0 Å². The van der Waals surface area contributed by atoms with Crippen molar-refractivity contribution in [1.29, 1.82) is 0 Å². The van der Waals surface area contributed by atoms with Crippen molar-refractivity contribution in [3.63, 3.8) is 0 Å². The topological polar surface area (TPSA) is 38.3 Å². The largest absolute Gasteiger partial charge is 0.378 e. The zero-order valence-electron chi connectivity index (χ0n) is 10.6. The zero-order chi connectivity index (χ0) is 12.6. The number of hydrogen-bond donors (Lipinski definition) is 1. The van der Waals surface area contributed by atoms with E-state index >= 15 is 0 Å². The molecule has 1 N–H and O–H groups in total. The lowest BCUT2D eigenvalue weighted by molar-refractivity contribution is -0.169. The summed E-state index contributed by atoms with van der Waals surface area (Å²) in [6.07, 6.45) is 5.01. The van der Waals surface area contributed by atoms with Gasteiger partial charge in [-0.05, 0) is 37.6 Å². The van der Waals surface area contributed by atoms with Crippen molar-refractivity contribution in [3.8, 4) is 0 Å². The van der Waals surface area contributed by atoms with Gasteiger partial charge in [0.25, 0.3) is 5.91 Å². The van der Waals surface area contributed by atoms with Gasteiger partial charge in [-0.3, -0.25) is 4.79 Å². The summed E-state index contributed by atoms with van der Waals surface area (Å²) < 4.78 is 5.79. The fraction of sp³-hybridized carbons (Fsp3) is 0.643. The first-order chi connectivity index (χ1) is 8.76. The van der Waals surface area contributed by atoms with E-state index < -0.39 is 0 Å². The highest BCUT2D eigenvalue weighted by molar-refractivity contribution is 7.08. The van der Waals surface area contributed by atoms with E-state index in [1.807, 2.05) is 23.8 Å². The molecule has 0 bridgehead atoms. The predicted octanol–water partition coefficient (Wildman–Crippen LogP) is 2.83. The first kappa shape index (κ1) is 12.2. The summed E-state index contributed by atoms with van der Waals surface area (Å²) >= 11 is 1.56. The van der Waals surface area contributed by atoms with Gasteiger partial charge in [-0.1, -0.05) is 6.42 Å². The summed E-state index contributed by atoms with van der Waals surface area (Å²) in [6, 6.07) is 2.20. The van der Waals surface area contributed by atoms with E-state index in [9.17, 15) is 4.79 Å².